The van der Waals surface area contributed by atoms with Crippen molar-refractivity contribution in [3.8, 4) is 11.3 Å². The van der Waals surface area contributed by atoms with Crippen molar-refractivity contribution in [3.63, 3.8) is 0 Å². The predicted molar refractivity (Wildman–Crippen MR) is 146 cm³/mol. The maximum absolute atomic E-state index is 11.9. The SMILES string of the molecule is N=CC(=O)N(C(N)=O)c1ccc(N2CCC(OCc3c(-c4c(Cl)cccc4Cl)noc3C3CC3)CC2)cc1. The van der Waals surface area contributed by atoms with Crippen molar-refractivity contribution in [1.82, 2.24) is 5.16 Å². The van der Waals surface area contributed by atoms with Gasteiger partial charge in [0.2, 0.25) is 0 Å². The van der Waals surface area contributed by atoms with Crippen LogP contribution in [0.15, 0.2) is 47.0 Å². The van der Waals surface area contributed by atoms with Crippen molar-refractivity contribution < 1.29 is 18.8 Å². The molecule has 0 unspecified atom stereocenters. The van der Waals surface area contributed by atoms with Gasteiger partial charge in [-0.15, -0.1) is 0 Å². The van der Waals surface area contributed by atoms with Crippen molar-refractivity contribution in [2.45, 2.75) is 44.3 Å². The van der Waals surface area contributed by atoms with E-state index in [1.165, 1.54) is 0 Å². The van der Waals surface area contributed by atoms with Gasteiger partial charge in [-0.25, -0.2) is 9.69 Å². The summed E-state index contributed by atoms with van der Waals surface area (Å²) >= 11 is 12.9. The minimum Gasteiger partial charge on any atom is -0.373 e. The molecule has 1 aliphatic heterocycles. The molecule has 0 spiro atoms. The zero-order valence-corrected chi connectivity index (χ0v) is 22.0. The number of halogens is 2. The van der Waals surface area contributed by atoms with Gasteiger partial charge in [0.25, 0.3) is 5.91 Å². The number of primary amides is 1. The summed E-state index contributed by atoms with van der Waals surface area (Å²) in [4.78, 5) is 26.5. The number of rotatable bonds is 8. The monoisotopic (exact) mass is 555 g/mol. The van der Waals surface area contributed by atoms with Crippen molar-refractivity contribution in [3.05, 3.63) is 63.8 Å². The summed E-state index contributed by atoms with van der Waals surface area (Å²) in [6.07, 6.45) is 4.42. The van der Waals surface area contributed by atoms with Crippen molar-refractivity contribution in [1.29, 1.82) is 5.41 Å². The summed E-state index contributed by atoms with van der Waals surface area (Å²) in [6, 6.07) is 11.4. The largest absolute Gasteiger partial charge is 0.373 e. The van der Waals surface area contributed by atoms with Gasteiger partial charge in [0.15, 0.2) is 0 Å². The van der Waals surface area contributed by atoms with Crippen LogP contribution in [0.1, 0.15) is 42.9 Å². The van der Waals surface area contributed by atoms with Crippen molar-refractivity contribution in [2.24, 2.45) is 5.73 Å². The first-order valence-corrected chi connectivity index (χ1v) is 13.2. The Hall–Kier alpha value is -3.40. The van der Waals surface area contributed by atoms with Crippen LogP contribution < -0.4 is 15.5 Å². The number of hydrogen-bond donors (Lipinski definition) is 2. The van der Waals surface area contributed by atoms with Crippen LogP contribution in [0.4, 0.5) is 16.2 Å². The summed E-state index contributed by atoms with van der Waals surface area (Å²) in [5.74, 6) is 0.432. The van der Waals surface area contributed by atoms with Crippen LogP contribution in [-0.4, -0.2) is 42.5 Å². The number of hydrogen-bond acceptors (Lipinski definition) is 7. The molecular formula is C27H27Cl2N5O4. The lowest BCUT2D eigenvalue weighted by atomic mass is 10.0. The fourth-order valence-corrected chi connectivity index (χ4v) is 5.35. The first kappa shape index (κ1) is 26.2. The Kier molecular flexibility index (Phi) is 7.69. The van der Waals surface area contributed by atoms with Crippen LogP contribution >= 0.6 is 23.2 Å². The first-order valence-electron chi connectivity index (χ1n) is 12.4. The third kappa shape index (κ3) is 5.41. The topological polar surface area (TPSA) is 126 Å². The molecular weight excluding hydrogens is 529 g/mol. The molecule has 1 saturated carbocycles. The highest BCUT2D eigenvalue weighted by Crippen LogP contribution is 2.46. The fraction of sp³-hybridized carbons (Fsp3) is 0.333. The van der Waals surface area contributed by atoms with Crippen LogP contribution in [0.25, 0.3) is 11.3 Å². The molecule has 2 aliphatic rings. The second kappa shape index (κ2) is 11.1. The summed E-state index contributed by atoms with van der Waals surface area (Å²) in [5.41, 5.74) is 8.82. The molecule has 0 radical (unpaired) electrons. The standard InChI is InChI=1S/C27H27Cl2N5O4/c28-21-2-1-3-22(29)24(21)25-20(26(38-32-25)16-4-5-16)15-37-19-10-12-33(13-11-19)17-6-8-18(9-7-17)34(27(31)36)23(35)14-30/h1-3,6-9,14,16,19,30H,4-5,10-13,15H2,(H2,31,36). The minimum absolute atomic E-state index is 0.0672. The van der Waals surface area contributed by atoms with Gasteiger partial charge >= 0.3 is 6.03 Å². The van der Waals surface area contributed by atoms with E-state index >= 15 is 0 Å². The quantitative estimate of drug-likeness (QED) is 0.339. The number of piperidine rings is 1. The highest BCUT2D eigenvalue weighted by Gasteiger charge is 2.34. The summed E-state index contributed by atoms with van der Waals surface area (Å²) < 4.78 is 12.1. The highest BCUT2D eigenvalue weighted by atomic mass is 35.5. The van der Waals surface area contributed by atoms with E-state index in [1.807, 2.05) is 12.1 Å². The molecule has 2 fully saturated rings. The number of nitrogens with one attached hydrogen (secondary N) is 1. The molecule has 1 aliphatic carbocycles. The van der Waals surface area contributed by atoms with Gasteiger partial charge in [0.1, 0.15) is 11.5 Å². The van der Waals surface area contributed by atoms with Crippen LogP contribution in [0.3, 0.4) is 0 Å². The van der Waals surface area contributed by atoms with Gasteiger partial charge in [-0.1, -0.05) is 34.4 Å². The van der Waals surface area contributed by atoms with Gasteiger partial charge in [0, 0.05) is 35.8 Å². The predicted octanol–water partition coefficient (Wildman–Crippen LogP) is 5.77. The maximum Gasteiger partial charge on any atom is 0.326 e. The number of carbonyl (C=O) groups is 2. The van der Waals surface area contributed by atoms with Gasteiger partial charge in [-0.3, -0.25) is 4.79 Å². The fourth-order valence-electron chi connectivity index (χ4n) is 4.77. The van der Waals surface area contributed by atoms with Crippen LogP contribution in [-0.2, 0) is 16.1 Å². The van der Waals surface area contributed by atoms with Gasteiger partial charge in [0.05, 0.1) is 34.7 Å². The average Bonchev–Trinajstić information content (AvgIpc) is 3.68. The molecule has 1 aromatic heterocycles. The lowest BCUT2D eigenvalue weighted by Gasteiger charge is -2.33. The van der Waals surface area contributed by atoms with Gasteiger partial charge < -0.3 is 25.3 Å². The van der Waals surface area contributed by atoms with E-state index in [-0.39, 0.29) is 6.10 Å². The van der Waals surface area contributed by atoms with Crippen LogP contribution in [0.5, 0.6) is 0 Å². The zero-order chi connectivity index (χ0) is 26.8. The van der Waals surface area contributed by atoms with Crippen molar-refractivity contribution in [2.75, 3.05) is 22.9 Å². The molecule has 38 heavy (non-hydrogen) atoms. The first-order chi connectivity index (χ1) is 18.4. The number of carbonyl (C=O) groups excluding carboxylic acids is 2. The summed E-state index contributed by atoms with van der Waals surface area (Å²) in [7, 11) is 0. The van der Waals surface area contributed by atoms with Gasteiger partial charge in [-0.2, -0.15) is 0 Å². The van der Waals surface area contributed by atoms with E-state index in [1.54, 1.807) is 30.3 Å². The van der Waals surface area contributed by atoms with E-state index < -0.39 is 11.9 Å². The number of imide groups is 1. The molecule has 1 saturated heterocycles. The molecule has 198 valence electrons. The normalized spacial score (nSPS) is 15.9. The lowest BCUT2D eigenvalue weighted by molar-refractivity contribution is -0.111. The molecule has 3 N–H and O–H groups in total. The molecule has 3 amide bonds. The second-order valence-electron chi connectivity index (χ2n) is 9.41. The number of anilines is 2. The summed E-state index contributed by atoms with van der Waals surface area (Å²) in [5, 5.41) is 12.5. The molecule has 11 heteroatoms. The Bertz CT molecular complexity index is 1330. The van der Waals surface area contributed by atoms with E-state index in [4.69, 9.17) is 43.6 Å². The van der Waals surface area contributed by atoms with E-state index in [2.05, 4.69) is 10.1 Å². The van der Waals surface area contributed by atoms with Gasteiger partial charge in [-0.05, 0) is 62.1 Å². The molecule has 0 bridgehead atoms. The smallest absolute Gasteiger partial charge is 0.326 e. The molecule has 2 aromatic carbocycles. The molecule has 2 heterocycles. The Labute approximate surface area is 229 Å². The Morgan fingerprint density at radius 3 is 2.34 bits per heavy atom. The molecule has 3 aromatic rings. The second-order valence-corrected chi connectivity index (χ2v) is 10.2. The molecule has 9 nitrogen and oxygen atoms in total. The highest BCUT2D eigenvalue weighted by molar-refractivity contribution is 6.39. The van der Waals surface area contributed by atoms with E-state index in [0.29, 0.717) is 45.7 Å². The Morgan fingerprint density at radius 1 is 1.11 bits per heavy atom. The average molecular weight is 556 g/mol. The number of amides is 3. The van der Waals surface area contributed by atoms with Crippen molar-refractivity contribution >= 4 is 52.7 Å². The summed E-state index contributed by atoms with van der Waals surface area (Å²) in [6.45, 7) is 1.94. The third-order valence-corrected chi connectivity index (χ3v) is 7.54. The minimum atomic E-state index is -0.929. The number of ether oxygens (including phenoxy) is 1. The van der Waals surface area contributed by atoms with E-state index in [0.717, 1.165) is 60.7 Å². The molecule has 5 rings (SSSR count). The zero-order valence-electron chi connectivity index (χ0n) is 20.5. The van der Waals surface area contributed by atoms with E-state index in [9.17, 15) is 9.59 Å². The maximum atomic E-state index is 11.9. The number of aromatic nitrogens is 1. The van der Waals surface area contributed by atoms with Crippen LogP contribution in [0, 0.1) is 5.41 Å². The number of nitrogens with zero attached hydrogens (tertiary/aromatic N) is 3. The molecule has 0 atom stereocenters. The third-order valence-electron chi connectivity index (χ3n) is 6.91. The number of benzene rings is 2. The number of nitrogens with two attached hydrogens (primary N) is 1. The number of urea groups is 1. The Morgan fingerprint density at radius 2 is 1.76 bits per heavy atom. The lowest BCUT2D eigenvalue weighted by Crippen LogP contribution is -2.41. The van der Waals surface area contributed by atoms with Crippen LogP contribution in [0.2, 0.25) is 10.0 Å². The Balaban J connectivity index is 1.23.